The van der Waals surface area contributed by atoms with Gasteiger partial charge in [-0.2, -0.15) is 4.57 Å². The fraction of sp³-hybridized carbons (Fsp3) is 0.161. The van der Waals surface area contributed by atoms with Gasteiger partial charge in [-0.05, 0) is 83.8 Å². The fourth-order valence-electron chi connectivity index (χ4n) is 4.87. The second kappa shape index (κ2) is 8.29. The average Bonchev–Trinajstić information content (AvgIpc) is 2.84. The zero-order valence-electron chi connectivity index (χ0n) is 20.9. The maximum atomic E-state index is 8.86. The van der Waals surface area contributed by atoms with Gasteiger partial charge < -0.3 is 0 Å². The number of rotatable bonds is 3. The van der Waals surface area contributed by atoms with Crippen molar-refractivity contribution < 1.29 is 5.94 Å². The molecule has 5 rings (SSSR count). The second-order valence-electron chi connectivity index (χ2n) is 8.92. The van der Waals surface area contributed by atoms with Crippen molar-refractivity contribution in [3.8, 4) is 33.5 Å². The van der Waals surface area contributed by atoms with E-state index in [-0.39, 0.29) is 0 Å². The first-order chi connectivity index (χ1) is 16.4. The lowest BCUT2D eigenvalue weighted by Gasteiger charge is -2.14. The van der Waals surface area contributed by atoms with Gasteiger partial charge in [-0.25, -0.2) is 0 Å². The summed E-state index contributed by atoms with van der Waals surface area (Å²) in [6.07, 6.45) is 3.66. The SMILES string of the molecule is [2H]c1c(C)[n+](C)c(-c2ccc(-c3c(C)cccc3C)cc2C)c2ccc(-c3cccnc3)cc12. The van der Waals surface area contributed by atoms with Gasteiger partial charge in [-0.1, -0.05) is 42.5 Å². The van der Waals surface area contributed by atoms with Crippen molar-refractivity contribution in [1.82, 2.24) is 4.98 Å². The van der Waals surface area contributed by atoms with E-state index in [0.717, 1.165) is 33.3 Å². The maximum absolute atomic E-state index is 8.86. The van der Waals surface area contributed by atoms with E-state index in [2.05, 4.69) is 98.0 Å². The highest BCUT2D eigenvalue weighted by Crippen LogP contribution is 2.35. The molecule has 0 unspecified atom stereocenters. The van der Waals surface area contributed by atoms with Crippen LogP contribution in [0.4, 0.5) is 0 Å². The molecule has 2 heterocycles. The van der Waals surface area contributed by atoms with Gasteiger partial charge >= 0.3 is 0 Å². The van der Waals surface area contributed by atoms with Gasteiger partial charge in [0.2, 0.25) is 5.69 Å². The summed E-state index contributed by atoms with van der Waals surface area (Å²) < 4.78 is 11.0. The third-order valence-corrected chi connectivity index (χ3v) is 6.67. The third-order valence-electron chi connectivity index (χ3n) is 6.67. The number of hydrogen-bond donors (Lipinski definition) is 0. The number of pyridine rings is 2. The van der Waals surface area contributed by atoms with Crippen LogP contribution in [-0.4, -0.2) is 4.98 Å². The van der Waals surface area contributed by atoms with Crippen LogP contribution in [0.2, 0.25) is 0 Å². The lowest BCUT2D eigenvalue weighted by molar-refractivity contribution is -0.665. The van der Waals surface area contributed by atoms with Gasteiger partial charge in [0, 0.05) is 36.5 Å². The Bertz CT molecular complexity index is 1530. The van der Waals surface area contributed by atoms with Crippen molar-refractivity contribution in [2.75, 3.05) is 0 Å². The summed E-state index contributed by atoms with van der Waals surface area (Å²) in [5, 5.41) is 2.05. The van der Waals surface area contributed by atoms with Crippen molar-refractivity contribution in [2.45, 2.75) is 27.7 Å². The van der Waals surface area contributed by atoms with E-state index in [0.29, 0.717) is 6.04 Å². The summed E-state index contributed by atoms with van der Waals surface area (Å²) in [5.41, 5.74) is 11.8. The second-order valence-corrected chi connectivity index (χ2v) is 8.92. The molecule has 2 nitrogen and oxygen atoms in total. The Hall–Kier alpha value is -3.78. The third kappa shape index (κ3) is 3.72. The van der Waals surface area contributed by atoms with Crippen molar-refractivity contribution in [3.05, 3.63) is 108 Å². The molecule has 0 aliphatic carbocycles. The molecule has 162 valence electrons. The van der Waals surface area contributed by atoms with Gasteiger partial charge in [0.1, 0.15) is 7.05 Å². The molecule has 2 aromatic heterocycles. The van der Waals surface area contributed by atoms with E-state index in [1.54, 1.807) is 6.20 Å². The Morgan fingerprint density at radius 3 is 2.21 bits per heavy atom. The topological polar surface area (TPSA) is 16.8 Å². The smallest absolute Gasteiger partial charge is 0.220 e. The van der Waals surface area contributed by atoms with Gasteiger partial charge in [0.25, 0.3) is 0 Å². The highest BCUT2D eigenvalue weighted by molar-refractivity contribution is 5.96. The van der Waals surface area contributed by atoms with Crippen LogP contribution in [0, 0.1) is 27.7 Å². The van der Waals surface area contributed by atoms with E-state index in [1.807, 2.05) is 19.2 Å². The molecule has 0 N–H and O–H groups in total. The summed E-state index contributed by atoms with van der Waals surface area (Å²) in [5.74, 6) is 0. The first-order valence-corrected chi connectivity index (χ1v) is 11.4. The quantitative estimate of drug-likeness (QED) is 0.275. The number of hydrogen-bond acceptors (Lipinski definition) is 1. The Morgan fingerprint density at radius 1 is 0.758 bits per heavy atom. The molecule has 0 spiro atoms. The molecule has 0 amide bonds. The molecular formula is C31H29N2+. The van der Waals surface area contributed by atoms with Crippen LogP contribution in [0.25, 0.3) is 44.3 Å². The molecule has 0 radical (unpaired) electrons. The fourth-order valence-corrected chi connectivity index (χ4v) is 4.87. The van der Waals surface area contributed by atoms with Crippen LogP contribution >= 0.6 is 0 Å². The first kappa shape index (κ1) is 19.9. The van der Waals surface area contributed by atoms with Gasteiger partial charge in [-0.3, -0.25) is 4.98 Å². The standard InChI is InChI=1S/C31H29N2/c1-20-8-6-9-21(2)30(20)25-12-13-28(22(3)16-25)31-29-14-11-24(26-10-7-15-32-19-26)18-27(29)17-23(4)33(31)5/h6-19H,1-5H3/q+1/i17D. The molecular weight excluding hydrogens is 400 g/mol. The van der Waals surface area contributed by atoms with Crippen LogP contribution in [0.5, 0.6) is 0 Å². The summed E-state index contributed by atoms with van der Waals surface area (Å²) in [4.78, 5) is 4.27. The van der Waals surface area contributed by atoms with Crippen molar-refractivity contribution in [2.24, 2.45) is 7.05 Å². The molecule has 3 aromatic carbocycles. The van der Waals surface area contributed by atoms with Crippen LogP contribution in [-0.2, 0) is 7.05 Å². The van der Waals surface area contributed by atoms with E-state index in [4.69, 9.17) is 1.37 Å². The number of aryl methyl sites for hydroxylation is 3. The van der Waals surface area contributed by atoms with Crippen LogP contribution in [0.1, 0.15) is 23.8 Å². The molecule has 0 atom stereocenters. The zero-order valence-corrected chi connectivity index (χ0v) is 19.9. The predicted octanol–water partition coefficient (Wildman–Crippen LogP) is 7.29. The van der Waals surface area contributed by atoms with E-state index in [1.165, 1.54) is 33.4 Å². The summed E-state index contributed by atoms with van der Waals surface area (Å²) in [6, 6.07) is 24.2. The Morgan fingerprint density at radius 2 is 1.52 bits per heavy atom. The predicted molar refractivity (Wildman–Crippen MR) is 138 cm³/mol. The van der Waals surface area contributed by atoms with Crippen molar-refractivity contribution in [1.29, 1.82) is 0 Å². The molecule has 33 heavy (non-hydrogen) atoms. The molecule has 2 heteroatoms. The lowest BCUT2D eigenvalue weighted by Crippen LogP contribution is -2.35. The molecule has 0 bridgehead atoms. The minimum atomic E-state index is 0.566. The number of nitrogens with zero attached hydrogens (tertiary/aromatic N) is 2. The minimum Gasteiger partial charge on any atom is -0.264 e. The van der Waals surface area contributed by atoms with Gasteiger partial charge in [0.05, 0.1) is 6.76 Å². The summed E-state index contributed by atoms with van der Waals surface area (Å²) >= 11 is 0. The zero-order chi connectivity index (χ0) is 24.0. The average molecular weight is 431 g/mol. The maximum Gasteiger partial charge on any atom is 0.220 e. The summed E-state index contributed by atoms with van der Waals surface area (Å²) in [6.45, 7) is 8.57. The normalized spacial score (nSPS) is 11.6. The molecule has 0 fully saturated rings. The first-order valence-electron chi connectivity index (χ1n) is 11.9. The van der Waals surface area contributed by atoms with Crippen LogP contribution in [0.15, 0.2) is 85.2 Å². The Kier molecular flexibility index (Phi) is 4.99. The van der Waals surface area contributed by atoms with Crippen LogP contribution < -0.4 is 4.57 Å². The van der Waals surface area contributed by atoms with E-state index >= 15 is 0 Å². The Balaban J connectivity index is 1.72. The molecule has 0 aliphatic heterocycles. The lowest BCUT2D eigenvalue weighted by atomic mass is 9.91. The molecule has 0 saturated heterocycles. The molecule has 0 aliphatic rings. The van der Waals surface area contributed by atoms with Crippen molar-refractivity contribution in [3.63, 3.8) is 0 Å². The Labute approximate surface area is 197 Å². The molecule has 5 aromatic rings. The monoisotopic (exact) mass is 430 g/mol. The van der Waals surface area contributed by atoms with Crippen molar-refractivity contribution >= 4 is 10.8 Å². The number of benzene rings is 3. The number of aromatic nitrogens is 2. The van der Waals surface area contributed by atoms with Crippen LogP contribution in [0.3, 0.4) is 0 Å². The summed E-state index contributed by atoms with van der Waals surface area (Å²) in [7, 11) is 2.07. The van der Waals surface area contributed by atoms with Gasteiger partial charge in [0.15, 0.2) is 5.69 Å². The highest BCUT2D eigenvalue weighted by Gasteiger charge is 2.20. The molecule has 0 saturated carbocycles. The number of fused-ring (bicyclic) bond motifs is 1. The minimum absolute atomic E-state index is 0.566. The van der Waals surface area contributed by atoms with Gasteiger partial charge in [-0.15, -0.1) is 0 Å². The highest BCUT2D eigenvalue weighted by atomic mass is 14.9. The van der Waals surface area contributed by atoms with E-state index < -0.39 is 0 Å². The largest absolute Gasteiger partial charge is 0.264 e. The van der Waals surface area contributed by atoms with E-state index in [9.17, 15) is 0 Å².